The Morgan fingerprint density at radius 1 is 0.228 bits per heavy atom. The van der Waals surface area contributed by atoms with E-state index in [-0.39, 0.29) is 74.3 Å². The van der Waals surface area contributed by atoms with Crippen molar-refractivity contribution < 1.29 is 71.4 Å². The quantitative estimate of drug-likeness (QED) is 0.0318. The van der Waals surface area contributed by atoms with E-state index in [1.807, 2.05) is 125 Å². The number of esters is 6. The van der Waals surface area contributed by atoms with Crippen LogP contribution in [0.3, 0.4) is 0 Å². The summed E-state index contributed by atoms with van der Waals surface area (Å²) in [6, 6.07) is 0. The first-order valence-electron chi connectivity index (χ1n) is 29.3. The summed E-state index contributed by atoms with van der Waals surface area (Å²) in [5.41, 5.74) is -3.43. The maximum atomic E-state index is 12.5. The van der Waals surface area contributed by atoms with Gasteiger partial charge in [-0.2, -0.15) is 0 Å². The highest BCUT2D eigenvalue weighted by Gasteiger charge is 2.24. The summed E-state index contributed by atoms with van der Waals surface area (Å²) in [6.45, 7) is 43.8. The molecular formula is C60H114N4O15. The van der Waals surface area contributed by atoms with Crippen LogP contribution >= 0.6 is 0 Å². The second-order valence-corrected chi connectivity index (χ2v) is 26.3. The van der Waals surface area contributed by atoms with Crippen LogP contribution in [0.15, 0.2) is 0 Å². The molecule has 0 atom stereocenters. The lowest BCUT2D eigenvalue weighted by Crippen LogP contribution is -2.34. The SMILES string of the molecule is CC(C)(C)OC(=O)CCN(CCCOCCCN(CCCOCCCN(CCC(=O)OC(C)(C)C)CCC(=O)OC(C)(C)C)CCCOCCCN(CCC(=O)OC(C)(C)C)CCC(=O)OC(C)(C)C)CCC(=O)OC(C)(C)C. The van der Waals surface area contributed by atoms with Gasteiger partial charge in [-0.25, -0.2) is 0 Å². The molecule has 0 saturated heterocycles. The van der Waals surface area contributed by atoms with Gasteiger partial charge < -0.3 is 62.2 Å². The molecule has 0 amide bonds. The Morgan fingerprint density at radius 2 is 0.354 bits per heavy atom. The van der Waals surface area contributed by atoms with Gasteiger partial charge in [0.1, 0.15) is 33.6 Å². The van der Waals surface area contributed by atoms with Crippen LogP contribution < -0.4 is 0 Å². The van der Waals surface area contributed by atoms with Crippen LogP contribution in [0, 0.1) is 0 Å². The van der Waals surface area contributed by atoms with Gasteiger partial charge in [-0.3, -0.25) is 28.8 Å². The Morgan fingerprint density at radius 3 is 0.481 bits per heavy atom. The van der Waals surface area contributed by atoms with Gasteiger partial charge in [0.15, 0.2) is 0 Å². The number of nitrogens with zero attached hydrogens (tertiary/aromatic N) is 4. The van der Waals surface area contributed by atoms with Gasteiger partial charge in [0.2, 0.25) is 0 Å². The van der Waals surface area contributed by atoms with Gasteiger partial charge in [0.05, 0.1) is 38.5 Å². The van der Waals surface area contributed by atoms with E-state index in [0.717, 1.165) is 58.2 Å². The van der Waals surface area contributed by atoms with Crippen LogP contribution in [-0.4, -0.2) is 207 Å². The topological polar surface area (TPSA) is 198 Å². The minimum atomic E-state index is -0.572. The Labute approximate surface area is 478 Å². The fourth-order valence-corrected chi connectivity index (χ4v) is 7.84. The summed E-state index contributed by atoms with van der Waals surface area (Å²) >= 11 is 0. The van der Waals surface area contributed by atoms with Crippen LogP contribution in [0.5, 0.6) is 0 Å². The van der Waals surface area contributed by atoms with Crippen molar-refractivity contribution in [1.29, 1.82) is 0 Å². The molecule has 464 valence electrons. The molecule has 0 spiro atoms. The standard InChI is InChI=1S/C60H114N4O15/c1-55(2,3)74-49(65)25-37-62(38-26-50(66)75-56(4,5)6)34-22-46-71-43-19-31-61(32-20-44-72-47-23-35-63(39-27-51(67)76-57(7,8)9)40-28-52(68)77-58(10,11)12)33-21-45-73-48-24-36-64(41-29-53(69)78-59(13,14)15)42-30-54(70)79-60(16,17)18/h19-48H2,1-18H3. The fraction of sp³-hybridized carbons (Fsp3) is 0.900. The third kappa shape index (κ3) is 52.4. The molecule has 0 bridgehead atoms. The Bertz CT molecular complexity index is 1410. The minimum Gasteiger partial charge on any atom is -0.460 e. The summed E-state index contributed by atoms with van der Waals surface area (Å²) in [5, 5.41) is 0. The van der Waals surface area contributed by atoms with Crippen molar-refractivity contribution in [3.63, 3.8) is 0 Å². The highest BCUT2D eigenvalue weighted by Crippen LogP contribution is 2.15. The summed E-state index contributed by atoms with van der Waals surface area (Å²) in [6.07, 6.45) is 6.01. The van der Waals surface area contributed by atoms with E-state index < -0.39 is 33.6 Å². The van der Waals surface area contributed by atoms with Crippen molar-refractivity contribution >= 4 is 35.8 Å². The number of rotatable bonds is 42. The lowest BCUT2D eigenvalue weighted by molar-refractivity contribution is -0.157. The zero-order chi connectivity index (χ0) is 60.4. The third-order valence-electron chi connectivity index (χ3n) is 10.9. The number of hydrogen-bond donors (Lipinski definition) is 0. The average Bonchev–Trinajstić information content (AvgIpc) is 3.25. The first kappa shape index (κ1) is 75.5. The second kappa shape index (κ2) is 39.1. The predicted octanol–water partition coefficient (Wildman–Crippen LogP) is 8.98. The van der Waals surface area contributed by atoms with Gasteiger partial charge in [-0.15, -0.1) is 0 Å². The molecule has 0 aliphatic carbocycles. The van der Waals surface area contributed by atoms with Crippen molar-refractivity contribution in [3.05, 3.63) is 0 Å². The first-order chi connectivity index (χ1) is 36.4. The molecule has 0 aromatic rings. The van der Waals surface area contributed by atoms with Crippen molar-refractivity contribution in [2.45, 2.75) is 235 Å². The number of ether oxygens (including phenoxy) is 9. The van der Waals surface area contributed by atoms with Gasteiger partial charge >= 0.3 is 35.8 Å². The van der Waals surface area contributed by atoms with Gasteiger partial charge in [-0.1, -0.05) is 0 Å². The molecule has 79 heavy (non-hydrogen) atoms. The highest BCUT2D eigenvalue weighted by molar-refractivity contribution is 5.72. The summed E-state index contributed by atoms with van der Waals surface area (Å²) in [7, 11) is 0. The molecule has 19 nitrogen and oxygen atoms in total. The van der Waals surface area contributed by atoms with E-state index in [4.69, 9.17) is 42.6 Å². The van der Waals surface area contributed by atoms with Crippen LogP contribution in [0.2, 0.25) is 0 Å². The summed E-state index contributed by atoms with van der Waals surface area (Å²) in [5.74, 6) is -1.66. The lowest BCUT2D eigenvalue weighted by Gasteiger charge is -2.25. The molecule has 0 N–H and O–H groups in total. The van der Waals surface area contributed by atoms with E-state index in [9.17, 15) is 28.8 Å². The molecule has 0 unspecified atom stereocenters. The second-order valence-electron chi connectivity index (χ2n) is 26.3. The maximum absolute atomic E-state index is 12.5. The number of carbonyl (C=O) groups is 6. The zero-order valence-electron chi connectivity index (χ0n) is 53.1. The molecule has 0 fully saturated rings. The molecule has 0 rings (SSSR count). The third-order valence-corrected chi connectivity index (χ3v) is 10.9. The van der Waals surface area contributed by atoms with Crippen molar-refractivity contribution in [2.24, 2.45) is 0 Å². The highest BCUT2D eigenvalue weighted by atomic mass is 16.6. The van der Waals surface area contributed by atoms with Crippen molar-refractivity contribution in [1.82, 2.24) is 19.6 Å². The molecule has 0 radical (unpaired) electrons. The molecule has 0 aromatic heterocycles. The van der Waals surface area contributed by atoms with E-state index >= 15 is 0 Å². The Kier molecular flexibility index (Phi) is 37.4. The summed E-state index contributed by atoms with van der Waals surface area (Å²) in [4.78, 5) is 83.8. The lowest BCUT2D eigenvalue weighted by atomic mass is 10.2. The predicted molar refractivity (Wildman–Crippen MR) is 309 cm³/mol. The van der Waals surface area contributed by atoms with Crippen molar-refractivity contribution in [2.75, 3.05) is 118 Å². The number of carbonyl (C=O) groups excluding carboxylic acids is 6. The molecule has 0 saturated carbocycles. The van der Waals surface area contributed by atoms with Crippen LogP contribution in [0.4, 0.5) is 0 Å². The van der Waals surface area contributed by atoms with Crippen LogP contribution in [-0.2, 0) is 71.4 Å². The average molecular weight is 1130 g/mol. The molecule has 0 heterocycles. The largest absolute Gasteiger partial charge is 0.460 e. The smallest absolute Gasteiger partial charge is 0.307 e. The van der Waals surface area contributed by atoms with Crippen molar-refractivity contribution in [3.8, 4) is 0 Å². The van der Waals surface area contributed by atoms with E-state index in [0.29, 0.717) is 98.5 Å². The van der Waals surface area contributed by atoms with Crippen LogP contribution in [0.25, 0.3) is 0 Å². The van der Waals surface area contributed by atoms with Gasteiger partial charge in [0.25, 0.3) is 0 Å². The molecule has 0 aromatic carbocycles. The molecule has 19 heteroatoms. The fourth-order valence-electron chi connectivity index (χ4n) is 7.84. The van der Waals surface area contributed by atoms with Gasteiger partial charge in [-0.05, 0) is 163 Å². The maximum Gasteiger partial charge on any atom is 0.307 e. The zero-order valence-corrected chi connectivity index (χ0v) is 53.1. The Balaban J connectivity index is 5.49. The molecule has 0 aliphatic rings. The summed E-state index contributed by atoms with van der Waals surface area (Å²) < 4.78 is 51.4. The normalized spacial score (nSPS) is 12.8. The molecular weight excluding hydrogens is 1020 g/mol. The van der Waals surface area contributed by atoms with Gasteiger partial charge in [0, 0.05) is 118 Å². The molecule has 0 aliphatic heterocycles. The monoisotopic (exact) mass is 1130 g/mol. The van der Waals surface area contributed by atoms with E-state index in [2.05, 4.69) is 19.6 Å². The van der Waals surface area contributed by atoms with Crippen LogP contribution in [0.1, 0.15) is 202 Å². The number of hydrogen-bond acceptors (Lipinski definition) is 19. The Hall–Kier alpha value is -3.46. The minimum absolute atomic E-state index is 0.221. The van der Waals surface area contributed by atoms with E-state index in [1.165, 1.54) is 0 Å². The van der Waals surface area contributed by atoms with E-state index in [1.54, 1.807) is 0 Å². The first-order valence-corrected chi connectivity index (χ1v) is 29.3.